The molecule has 5 aromatic rings. The normalized spacial score (nSPS) is 14.9. The Labute approximate surface area is 425 Å². The maximum Gasteiger partial charge on any atom is 0.322 e. The molecule has 3 unspecified atom stereocenters. The number of carbonyl (C=O) groups excluding carboxylic acids is 5. The quantitative estimate of drug-likeness (QED) is 0.0191. The lowest BCUT2D eigenvalue weighted by Gasteiger charge is -2.35. The van der Waals surface area contributed by atoms with Crippen LogP contribution in [-0.2, 0) is 40.4 Å². The van der Waals surface area contributed by atoms with E-state index in [9.17, 15) is 29.1 Å². The summed E-state index contributed by atoms with van der Waals surface area (Å²) in [5, 5.41) is 36.9. The predicted octanol–water partition coefficient (Wildman–Crippen LogP) is 7.43. The van der Waals surface area contributed by atoms with Crippen molar-refractivity contribution in [3.63, 3.8) is 0 Å². The van der Waals surface area contributed by atoms with Gasteiger partial charge in [0.1, 0.15) is 17.8 Å². The number of carbonyl (C=O) groups is 5. The molecule has 3 heterocycles. The number of nitrogens with zero attached hydrogens (tertiary/aromatic N) is 6. The van der Waals surface area contributed by atoms with Crippen LogP contribution in [0.4, 0.5) is 10.5 Å². The van der Waals surface area contributed by atoms with Crippen LogP contribution in [0.25, 0.3) is 10.4 Å². The predicted molar refractivity (Wildman–Crippen MR) is 275 cm³/mol. The van der Waals surface area contributed by atoms with Gasteiger partial charge in [0.15, 0.2) is 0 Å². The van der Waals surface area contributed by atoms with Gasteiger partial charge in [-0.25, -0.2) is 15.3 Å². The summed E-state index contributed by atoms with van der Waals surface area (Å²) in [5.74, 6) is -0.883. The fourth-order valence-corrected chi connectivity index (χ4v) is 9.21. The fraction of sp³-hybridized carbons (Fsp3) is 0.472. The average Bonchev–Trinajstić information content (AvgIpc) is 4.13. The van der Waals surface area contributed by atoms with Gasteiger partial charge < -0.3 is 35.6 Å². The number of aryl methyl sites for hydroxylation is 3. The summed E-state index contributed by atoms with van der Waals surface area (Å²) in [6.07, 6.45) is 7.82. The van der Waals surface area contributed by atoms with Crippen molar-refractivity contribution in [1.29, 1.82) is 0 Å². The van der Waals surface area contributed by atoms with Gasteiger partial charge in [-0.2, -0.15) is 0 Å². The lowest BCUT2D eigenvalue weighted by Crippen LogP contribution is -2.57. The molecule has 18 nitrogen and oxygen atoms in total. The molecule has 72 heavy (non-hydrogen) atoms. The number of ether oxygens (including phenoxy) is 1. The van der Waals surface area contributed by atoms with Gasteiger partial charge in [0, 0.05) is 63.0 Å². The van der Waals surface area contributed by atoms with Crippen molar-refractivity contribution in [1.82, 2.24) is 45.9 Å². The molecule has 386 valence electrons. The Bertz CT molecular complexity index is 2540. The van der Waals surface area contributed by atoms with Gasteiger partial charge in [-0.3, -0.25) is 29.1 Å². The molecule has 1 saturated heterocycles. The van der Waals surface area contributed by atoms with Crippen molar-refractivity contribution in [3.05, 3.63) is 113 Å². The minimum atomic E-state index is -0.892. The minimum Gasteiger partial charge on any atom is -0.494 e. The van der Waals surface area contributed by atoms with E-state index in [1.807, 2.05) is 92.6 Å². The summed E-state index contributed by atoms with van der Waals surface area (Å²) in [5.41, 5.74) is 8.39. The topological polar surface area (TPSA) is 233 Å². The molecular formula is C53H70N10O8S. The third-order valence-electron chi connectivity index (χ3n) is 12.6. The number of rotatable bonds is 25. The molecule has 1 fully saturated rings. The number of aliphatic hydroxyl groups is 1. The zero-order valence-electron chi connectivity index (χ0n) is 42.1. The summed E-state index contributed by atoms with van der Waals surface area (Å²) in [6.45, 7) is 12.1. The zero-order chi connectivity index (χ0) is 51.6. The van der Waals surface area contributed by atoms with Crippen LogP contribution in [0.2, 0.25) is 0 Å². The van der Waals surface area contributed by atoms with Crippen LogP contribution < -0.4 is 26.2 Å². The largest absolute Gasteiger partial charge is 0.494 e. The van der Waals surface area contributed by atoms with Gasteiger partial charge in [-0.05, 0) is 110 Å². The number of hydrogen-bond acceptors (Lipinski definition) is 12. The highest BCUT2D eigenvalue weighted by Gasteiger charge is 2.44. The zero-order valence-corrected chi connectivity index (χ0v) is 42.9. The molecule has 0 radical (unpaired) electrons. The summed E-state index contributed by atoms with van der Waals surface area (Å²) in [6, 6.07) is 19.9. The van der Waals surface area contributed by atoms with Crippen molar-refractivity contribution in [2.24, 2.45) is 5.41 Å². The second-order valence-electron chi connectivity index (χ2n) is 19.4. The van der Waals surface area contributed by atoms with Gasteiger partial charge in [-0.1, -0.05) is 75.7 Å². The number of thiazole rings is 1. The van der Waals surface area contributed by atoms with E-state index in [1.165, 1.54) is 4.90 Å². The smallest absolute Gasteiger partial charge is 0.322 e. The van der Waals surface area contributed by atoms with E-state index in [4.69, 9.17) is 9.94 Å². The Morgan fingerprint density at radius 1 is 0.917 bits per heavy atom. The highest BCUT2D eigenvalue weighted by molar-refractivity contribution is 7.13. The van der Waals surface area contributed by atoms with Crippen LogP contribution in [0.5, 0.6) is 5.75 Å². The number of benzene rings is 3. The fourth-order valence-electron chi connectivity index (χ4n) is 8.40. The molecule has 1 aliphatic rings. The van der Waals surface area contributed by atoms with Crippen molar-refractivity contribution in [3.8, 4) is 16.2 Å². The number of amides is 6. The Hall–Kier alpha value is -6.70. The first kappa shape index (κ1) is 54.6. The van der Waals surface area contributed by atoms with E-state index in [-0.39, 0.29) is 43.8 Å². The van der Waals surface area contributed by atoms with Crippen LogP contribution in [0.1, 0.15) is 118 Å². The average molecular weight is 1010 g/mol. The van der Waals surface area contributed by atoms with Crippen LogP contribution >= 0.6 is 11.3 Å². The molecule has 0 aliphatic carbocycles. The van der Waals surface area contributed by atoms with Gasteiger partial charge in [0.2, 0.25) is 17.7 Å². The van der Waals surface area contributed by atoms with Crippen molar-refractivity contribution < 1.29 is 39.0 Å². The molecule has 6 rings (SSSR count). The van der Waals surface area contributed by atoms with Crippen molar-refractivity contribution in [2.75, 3.05) is 25.0 Å². The van der Waals surface area contributed by atoms with Crippen molar-refractivity contribution >= 4 is 46.7 Å². The van der Waals surface area contributed by atoms with Gasteiger partial charge in [-0.15, -0.1) is 16.4 Å². The van der Waals surface area contributed by atoms with E-state index >= 15 is 0 Å². The Morgan fingerprint density at radius 3 is 2.33 bits per heavy atom. The second kappa shape index (κ2) is 26.7. The summed E-state index contributed by atoms with van der Waals surface area (Å²) in [7, 11) is 0. The van der Waals surface area contributed by atoms with E-state index in [0.717, 1.165) is 65.1 Å². The van der Waals surface area contributed by atoms with Gasteiger partial charge in [0.25, 0.3) is 5.91 Å². The summed E-state index contributed by atoms with van der Waals surface area (Å²) >= 11 is 1.58. The molecular weight excluding hydrogens is 937 g/mol. The number of likely N-dealkylation sites (tertiary alicyclic amines) is 1. The van der Waals surface area contributed by atoms with E-state index in [2.05, 4.69) is 38.2 Å². The van der Waals surface area contributed by atoms with Crippen LogP contribution in [0.3, 0.4) is 0 Å². The monoisotopic (exact) mass is 1010 g/mol. The summed E-state index contributed by atoms with van der Waals surface area (Å²) < 4.78 is 7.79. The highest BCUT2D eigenvalue weighted by Crippen LogP contribution is 2.29. The first-order valence-electron chi connectivity index (χ1n) is 24.9. The number of anilines is 1. The van der Waals surface area contributed by atoms with Crippen molar-refractivity contribution in [2.45, 2.75) is 137 Å². The molecule has 3 atom stereocenters. The van der Waals surface area contributed by atoms with E-state index in [1.54, 1.807) is 46.0 Å². The molecule has 2 aromatic heterocycles. The van der Waals surface area contributed by atoms with E-state index < -0.39 is 35.4 Å². The molecule has 0 bridgehead atoms. The number of nitrogens with one attached hydrogen (secondary N) is 4. The minimum absolute atomic E-state index is 0.00984. The summed E-state index contributed by atoms with van der Waals surface area (Å²) in [4.78, 5) is 74.2. The maximum absolute atomic E-state index is 14.0. The molecule has 6 amide bonds. The lowest BCUT2D eigenvalue weighted by atomic mass is 9.85. The SMILES string of the molecule is CCCCN(Cc1ccc(C(=O)NO)cc1)C(=O)Nc1ccc(OCCCCCn2cc(CCCCC(=O)NC(C(=O)N3CC(O)CC3C(=O)NCc3ccc(-c4scnc4C)cc3)C(C)(C)C)nn2)cc1. The van der Waals surface area contributed by atoms with Crippen LogP contribution in [-0.4, -0.2) is 108 Å². The number of aliphatic hydroxyl groups excluding tert-OH is 1. The number of urea groups is 1. The second-order valence-corrected chi connectivity index (χ2v) is 20.3. The van der Waals surface area contributed by atoms with Gasteiger partial charge >= 0.3 is 6.03 Å². The molecule has 1 aliphatic heterocycles. The lowest BCUT2D eigenvalue weighted by molar-refractivity contribution is -0.144. The molecule has 0 spiro atoms. The first-order chi connectivity index (χ1) is 34.6. The maximum atomic E-state index is 14.0. The van der Waals surface area contributed by atoms with Crippen LogP contribution in [0, 0.1) is 12.3 Å². The number of hydrogen-bond donors (Lipinski definition) is 6. The first-order valence-corrected chi connectivity index (χ1v) is 25.8. The van der Waals surface area contributed by atoms with E-state index in [0.29, 0.717) is 62.5 Å². The number of hydroxylamine groups is 1. The Kier molecular flexibility index (Phi) is 20.2. The standard InChI is InChI=1S/C53H70N10O8S/c1-6-7-27-61(32-38-17-21-40(22-18-38)49(66)59-70)52(69)56-41-23-25-44(26-24-41)71-29-12-8-11-28-62-33-42(58-60-62)13-9-10-14-46(65)57-48(53(3,4)5)51(68)63-34-43(64)30-45(63)50(67)54-31-37-15-19-39(20-16-37)47-36(2)55-35-72-47/h15-26,33,35,43,45,48,64,70H,6-14,27-32,34H2,1-5H3,(H,54,67)(H,56,69)(H,57,65)(H,59,66). The number of β-amino-alcohol motifs (C(OH)–C–C–N with tert-alkyl or cyclic N) is 1. The molecule has 3 aromatic carbocycles. The Morgan fingerprint density at radius 2 is 1.65 bits per heavy atom. The van der Waals surface area contributed by atoms with Crippen LogP contribution in [0.15, 0.2) is 84.5 Å². The molecule has 0 saturated carbocycles. The highest BCUT2D eigenvalue weighted by atomic mass is 32.1. The third-order valence-corrected chi connectivity index (χ3v) is 13.5. The van der Waals surface area contributed by atoms with Gasteiger partial charge in [0.05, 0.1) is 34.5 Å². The number of aromatic nitrogens is 4. The molecule has 6 N–H and O–H groups in total. The Balaban J connectivity index is 0.854. The molecule has 19 heteroatoms. The third kappa shape index (κ3) is 16.2. The number of unbranched alkanes of at least 4 members (excludes halogenated alkanes) is 4.